The number of nitrogens with zero attached hydrogens (tertiary/aromatic N) is 2. The molecule has 1 radical (unpaired) electrons. The summed E-state index contributed by atoms with van der Waals surface area (Å²) in [5, 5.41) is 43.5. The van der Waals surface area contributed by atoms with Crippen LogP contribution in [0.15, 0.2) is 18.2 Å². The number of hydrogen-bond donors (Lipinski definition) is 5. The summed E-state index contributed by atoms with van der Waals surface area (Å²) >= 11 is 0. The zero-order chi connectivity index (χ0) is 31.8. The molecule has 7 N–H and O–H groups in total. The molecule has 11 nitrogen and oxygen atoms in total. The number of ketones is 2. The average molecular weight is 580 g/mol. The van der Waals surface area contributed by atoms with Gasteiger partial charge in [0.05, 0.1) is 41.2 Å². The Morgan fingerprint density at radius 2 is 1.63 bits per heavy atom. The molecular formula is C30H51N4O7. The molecule has 0 saturated heterocycles. The number of likely N-dealkylation sites (N-methyl/N-ethyl adjacent to an activating group) is 1. The van der Waals surface area contributed by atoms with Crippen LogP contribution in [0.3, 0.4) is 0 Å². The first kappa shape index (κ1) is 36.7. The third-order valence-electron chi connectivity index (χ3n) is 8.51. The number of nitrogens with two attached hydrogens (primary N) is 2. The molecule has 1 aromatic rings. The van der Waals surface area contributed by atoms with Gasteiger partial charge in [-0.2, -0.15) is 0 Å². The summed E-state index contributed by atoms with van der Waals surface area (Å²) in [5.74, 6) is -0.791. The van der Waals surface area contributed by atoms with Crippen LogP contribution in [-0.4, -0.2) is 85.7 Å². The molecule has 0 aliphatic rings. The van der Waals surface area contributed by atoms with Gasteiger partial charge < -0.3 is 26.8 Å². The lowest BCUT2D eigenvalue weighted by molar-refractivity contribution is -0.385. The number of nitro groups is 1. The van der Waals surface area contributed by atoms with Crippen molar-refractivity contribution in [3.8, 4) is 0 Å². The maximum Gasteiger partial charge on any atom is 0.272 e. The van der Waals surface area contributed by atoms with Crippen LogP contribution in [0.4, 0.5) is 5.69 Å². The highest BCUT2D eigenvalue weighted by Gasteiger charge is 2.50. The standard InChI is InChI=1S/C30H51N4O7/c1-9-17(3)27(32)29(39)30(7,33(8)19(5)28(38)24(20(6)36)16-23(31)10-2)26(37)15-21-11-12-25(34(40)41)22(14-21)13-18(4)35/h11-12,14,17-20,23,26-27,35-37H,9-10,13,15-16,31-32H2,1-8H3/t17-,18?,19-,20?,23?,26?,27-,30?/m0/s1. The molecule has 1 aromatic carbocycles. The normalized spacial score (nSPS) is 18.7. The lowest BCUT2D eigenvalue weighted by atomic mass is 9.77. The Hall–Kier alpha value is -2.28. The van der Waals surface area contributed by atoms with Crippen LogP contribution in [0.5, 0.6) is 0 Å². The van der Waals surface area contributed by atoms with Gasteiger partial charge >= 0.3 is 0 Å². The quantitative estimate of drug-likeness (QED) is 0.127. The third kappa shape index (κ3) is 9.10. The van der Waals surface area contributed by atoms with Crippen LogP contribution < -0.4 is 11.5 Å². The number of rotatable bonds is 18. The van der Waals surface area contributed by atoms with Gasteiger partial charge in [0.25, 0.3) is 5.69 Å². The van der Waals surface area contributed by atoms with Gasteiger partial charge in [0.1, 0.15) is 5.54 Å². The monoisotopic (exact) mass is 579 g/mol. The van der Waals surface area contributed by atoms with Crippen molar-refractivity contribution in [3.63, 3.8) is 0 Å². The minimum Gasteiger partial charge on any atom is -0.393 e. The van der Waals surface area contributed by atoms with Crippen LogP contribution in [0.25, 0.3) is 0 Å². The van der Waals surface area contributed by atoms with E-state index >= 15 is 0 Å². The minimum atomic E-state index is -1.64. The number of benzene rings is 1. The van der Waals surface area contributed by atoms with E-state index in [2.05, 4.69) is 0 Å². The van der Waals surface area contributed by atoms with Gasteiger partial charge in [0.15, 0.2) is 11.6 Å². The van der Waals surface area contributed by atoms with Gasteiger partial charge in [-0.05, 0) is 65.1 Å². The van der Waals surface area contributed by atoms with Gasteiger partial charge in [-0.25, -0.2) is 0 Å². The molecule has 233 valence electrons. The first-order valence-corrected chi connectivity index (χ1v) is 14.4. The molecule has 41 heavy (non-hydrogen) atoms. The van der Waals surface area contributed by atoms with Crippen LogP contribution in [0.2, 0.25) is 0 Å². The van der Waals surface area contributed by atoms with Crippen molar-refractivity contribution in [2.75, 3.05) is 7.05 Å². The predicted molar refractivity (Wildman–Crippen MR) is 159 cm³/mol. The Morgan fingerprint density at radius 3 is 2.10 bits per heavy atom. The van der Waals surface area contributed by atoms with E-state index in [9.17, 15) is 35.0 Å². The highest BCUT2D eigenvalue weighted by Crippen LogP contribution is 2.31. The second kappa shape index (κ2) is 15.8. The summed E-state index contributed by atoms with van der Waals surface area (Å²) < 4.78 is 0. The summed E-state index contributed by atoms with van der Waals surface area (Å²) in [7, 11) is 1.57. The SMILES string of the molecule is CCC(N)C[C](C(=O)[C@H](C)N(C)C(C)(C(=O)[C@@H](N)[C@@H](C)CC)C(O)Cc1ccc([N+](=O)[O-])c(CC(C)O)c1)C(C)O. The Labute approximate surface area is 244 Å². The molecular weight excluding hydrogens is 528 g/mol. The molecule has 0 amide bonds. The van der Waals surface area contributed by atoms with Crippen LogP contribution in [0.1, 0.15) is 78.9 Å². The topological polar surface area (TPSA) is 193 Å². The summed E-state index contributed by atoms with van der Waals surface area (Å²) in [4.78, 5) is 40.1. The van der Waals surface area contributed by atoms with E-state index in [1.54, 1.807) is 27.0 Å². The molecule has 0 spiro atoms. The maximum absolute atomic E-state index is 14.0. The highest BCUT2D eigenvalue weighted by molar-refractivity contribution is 5.98. The van der Waals surface area contributed by atoms with E-state index in [0.717, 1.165) is 0 Å². The molecule has 11 heteroatoms. The molecule has 0 aliphatic heterocycles. The third-order valence-corrected chi connectivity index (χ3v) is 8.51. The van der Waals surface area contributed by atoms with Crippen LogP contribution >= 0.6 is 0 Å². The molecule has 5 unspecified atom stereocenters. The second-order valence-electron chi connectivity index (χ2n) is 11.6. The largest absolute Gasteiger partial charge is 0.393 e. The van der Waals surface area contributed by atoms with Gasteiger partial charge in [-0.1, -0.05) is 33.3 Å². The zero-order valence-corrected chi connectivity index (χ0v) is 25.8. The minimum absolute atomic E-state index is 0.0403. The molecule has 0 bridgehead atoms. The summed E-state index contributed by atoms with van der Waals surface area (Å²) in [5.41, 5.74) is 11.5. The van der Waals surface area contributed by atoms with Gasteiger partial charge in [-0.3, -0.25) is 24.6 Å². The van der Waals surface area contributed by atoms with Gasteiger partial charge in [0, 0.05) is 30.5 Å². The summed E-state index contributed by atoms with van der Waals surface area (Å²) in [6.07, 6.45) is -1.84. The molecule has 0 fully saturated rings. The van der Waals surface area contributed by atoms with Crippen LogP contribution in [-0.2, 0) is 22.4 Å². The van der Waals surface area contributed by atoms with Gasteiger partial charge in [0.2, 0.25) is 0 Å². The zero-order valence-electron chi connectivity index (χ0n) is 25.8. The molecule has 1 rings (SSSR count). The van der Waals surface area contributed by atoms with Crippen molar-refractivity contribution in [1.82, 2.24) is 4.90 Å². The van der Waals surface area contributed by atoms with E-state index in [1.165, 1.54) is 30.9 Å². The van der Waals surface area contributed by atoms with E-state index in [4.69, 9.17) is 11.5 Å². The van der Waals surface area contributed by atoms with Gasteiger partial charge in [-0.15, -0.1) is 0 Å². The fourth-order valence-electron chi connectivity index (χ4n) is 5.02. The van der Waals surface area contributed by atoms with Crippen molar-refractivity contribution >= 4 is 17.3 Å². The Kier molecular flexibility index (Phi) is 14.2. The average Bonchev–Trinajstić information content (AvgIpc) is 2.91. The molecule has 0 aromatic heterocycles. The number of carbonyl (C=O) groups is 2. The van der Waals surface area contributed by atoms with E-state index in [0.29, 0.717) is 24.0 Å². The van der Waals surface area contributed by atoms with E-state index in [-0.39, 0.29) is 48.6 Å². The number of Topliss-reactive ketones (excluding diaryl/α,β-unsaturated/α-hetero) is 2. The van der Waals surface area contributed by atoms with E-state index in [1.807, 2.05) is 20.8 Å². The smallest absolute Gasteiger partial charge is 0.272 e. The second-order valence-corrected chi connectivity index (χ2v) is 11.6. The van der Waals surface area contributed by atoms with Crippen molar-refractivity contribution in [2.45, 2.75) is 123 Å². The fraction of sp³-hybridized carbons (Fsp3) is 0.700. The van der Waals surface area contributed by atoms with Crippen molar-refractivity contribution in [2.24, 2.45) is 17.4 Å². The Bertz CT molecular complexity index is 1030. The summed E-state index contributed by atoms with van der Waals surface area (Å²) in [6, 6.07) is 2.21. The van der Waals surface area contributed by atoms with Crippen LogP contribution in [0, 0.1) is 22.0 Å². The Morgan fingerprint density at radius 1 is 1.05 bits per heavy atom. The first-order chi connectivity index (χ1) is 18.9. The number of aliphatic hydroxyl groups excluding tert-OH is 3. The Balaban J connectivity index is 3.56. The lowest BCUT2D eigenvalue weighted by Gasteiger charge is -2.46. The molecule has 0 aliphatic carbocycles. The predicted octanol–water partition coefficient (Wildman–Crippen LogP) is 2.09. The highest BCUT2D eigenvalue weighted by atomic mass is 16.6. The number of hydrogen-bond acceptors (Lipinski definition) is 10. The van der Waals surface area contributed by atoms with Crippen molar-refractivity contribution < 1.29 is 29.8 Å². The number of nitro benzene ring substituents is 1. The first-order valence-electron chi connectivity index (χ1n) is 14.4. The van der Waals surface area contributed by atoms with E-state index < -0.39 is 46.6 Å². The molecule has 0 heterocycles. The lowest BCUT2D eigenvalue weighted by Crippen LogP contribution is -2.67. The molecule has 8 atom stereocenters. The summed E-state index contributed by atoms with van der Waals surface area (Å²) in [6.45, 7) is 11.8. The molecule has 0 saturated carbocycles. The van der Waals surface area contributed by atoms with Crippen molar-refractivity contribution in [1.29, 1.82) is 0 Å². The fourth-order valence-corrected chi connectivity index (χ4v) is 5.02. The number of aliphatic hydroxyl groups is 3. The van der Waals surface area contributed by atoms with Crippen molar-refractivity contribution in [3.05, 3.63) is 45.4 Å². The number of carbonyl (C=O) groups excluding carboxylic acids is 2. The maximum atomic E-state index is 14.0.